The van der Waals surface area contributed by atoms with Crippen LogP contribution in [-0.2, 0) is 0 Å². The van der Waals surface area contributed by atoms with E-state index in [-0.39, 0.29) is 11.0 Å². The van der Waals surface area contributed by atoms with Gasteiger partial charge < -0.3 is 5.32 Å². The van der Waals surface area contributed by atoms with Gasteiger partial charge in [-0.1, -0.05) is 32.8 Å². The van der Waals surface area contributed by atoms with E-state index in [0.29, 0.717) is 0 Å². The predicted molar refractivity (Wildman–Crippen MR) is 108 cm³/mol. The molecule has 0 fully saturated rings. The Kier molecular flexibility index (Phi) is 4.38. The fourth-order valence-electron chi connectivity index (χ4n) is 3.57. The van der Waals surface area contributed by atoms with Crippen LogP contribution in [0.4, 0.5) is 5.82 Å². The summed E-state index contributed by atoms with van der Waals surface area (Å²) < 4.78 is 2.11. The molecule has 0 saturated heterocycles. The highest BCUT2D eigenvalue weighted by molar-refractivity contribution is 7.13. The van der Waals surface area contributed by atoms with Gasteiger partial charge in [0.1, 0.15) is 17.2 Å². The minimum absolute atomic E-state index is 0.0770. The second kappa shape index (κ2) is 6.24. The molecule has 0 aliphatic heterocycles. The van der Waals surface area contributed by atoms with Crippen molar-refractivity contribution in [2.45, 2.75) is 46.6 Å². The predicted octanol–water partition coefficient (Wildman–Crippen LogP) is 5.67. The highest BCUT2D eigenvalue weighted by Crippen LogP contribution is 2.37. The van der Waals surface area contributed by atoms with Gasteiger partial charge in [-0.15, -0.1) is 17.8 Å². The minimum Gasteiger partial charge on any atom is -0.364 e. The van der Waals surface area contributed by atoms with Crippen molar-refractivity contribution in [2.75, 3.05) is 5.32 Å². The molecule has 0 atom stereocenters. The van der Waals surface area contributed by atoms with Gasteiger partial charge in [-0.25, -0.2) is 4.98 Å². The van der Waals surface area contributed by atoms with Crippen molar-refractivity contribution in [2.24, 2.45) is 5.41 Å². The first-order chi connectivity index (χ1) is 11.7. The van der Waals surface area contributed by atoms with E-state index in [4.69, 9.17) is 11.4 Å². The summed E-state index contributed by atoms with van der Waals surface area (Å²) in [7, 11) is 0. The molecule has 0 saturated carbocycles. The average molecular weight is 352 g/mol. The number of thiophene rings is 1. The summed E-state index contributed by atoms with van der Waals surface area (Å²) in [6.07, 6.45) is 8.77. The van der Waals surface area contributed by atoms with Gasteiger partial charge >= 0.3 is 0 Å². The third kappa shape index (κ3) is 3.72. The minimum atomic E-state index is -0.0770. The molecule has 0 radical (unpaired) electrons. The normalized spacial score (nSPS) is 12.3. The Labute approximate surface area is 154 Å². The van der Waals surface area contributed by atoms with Crippen LogP contribution < -0.4 is 5.32 Å². The van der Waals surface area contributed by atoms with Gasteiger partial charge in [0.25, 0.3) is 0 Å². The molecule has 3 aromatic rings. The van der Waals surface area contributed by atoms with Crippen molar-refractivity contribution in [1.82, 2.24) is 9.38 Å². The summed E-state index contributed by atoms with van der Waals surface area (Å²) >= 11 is 1.64. The molecule has 4 heteroatoms. The van der Waals surface area contributed by atoms with E-state index in [2.05, 4.69) is 50.3 Å². The van der Waals surface area contributed by atoms with Gasteiger partial charge in [0, 0.05) is 17.3 Å². The van der Waals surface area contributed by atoms with Crippen LogP contribution in [-0.4, -0.2) is 14.9 Å². The molecule has 0 aromatic carbocycles. The lowest BCUT2D eigenvalue weighted by molar-refractivity contribution is 0.302. The zero-order valence-corrected chi connectivity index (χ0v) is 16.4. The van der Waals surface area contributed by atoms with E-state index in [9.17, 15) is 0 Å². The molecular formula is C21H25N3S. The maximum absolute atomic E-state index is 5.69. The molecule has 130 valence electrons. The first kappa shape index (κ1) is 17.6. The second-order valence-corrected chi connectivity index (χ2v) is 9.21. The number of nitrogens with one attached hydrogen (secondary N) is 1. The van der Waals surface area contributed by atoms with Crippen molar-refractivity contribution in [3.63, 3.8) is 0 Å². The van der Waals surface area contributed by atoms with E-state index in [0.717, 1.165) is 34.0 Å². The number of anilines is 1. The van der Waals surface area contributed by atoms with Crippen LogP contribution >= 0.6 is 11.3 Å². The lowest BCUT2D eigenvalue weighted by Crippen LogP contribution is -2.36. The summed E-state index contributed by atoms with van der Waals surface area (Å²) in [4.78, 5) is 5.90. The number of fused-ring (bicyclic) bond motifs is 1. The molecule has 0 aliphatic rings. The van der Waals surface area contributed by atoms with Crippen LogP contribution in [0.5, 0.6) is 0 Å². The molecular weight excluding hydrogens is 326 g/mol. The quantitative estimate of drug-likeness (QED) is 0.614. The number of imidazole rings is 1. The standard InChI is InChI=1S/C21H25N3S/c1-7-15-11-13-25-18(15)17-19(23-21(5,6)14-20(2,3)4)24-12-9-8-10-16(24)22-17/h1,8-13,23H,14H2,2-6H3. The molecule has 0 spiro atoms. The number of hydrogen-bond acceptors (Lipinski definition) is 3. The second-order valence-electron chi connectivity index (χ2n) is 8.29. The van der Waals surface area contributed by atoms with Crippen LogP contribution in [0.25, 0.3) is 16.2 Å². The van der Waals surface area contributed by atoms with Crippen LogP contribution in [0.2, 0.25) is 0 Å². The molecule has 25 heavy (non-hydrogen) atoms. The van der Waals surface area contributed by atoms with Crippen LogP contribution in [0.15, 0.2) is 35.8 Å². The van der Waals surface area contributed by atoms with Gasteiger partial charge in [-0.2, -0.15) is 0 Å². The molecule has 3 rings (SSSR count). The largest absolute Gasteiger partial charge is 0.364 e. The Bertz CT molecular complexity index is 932. The SMILES string of the molecule is C#Cc1ccsc1-c1nc2ccccn2c1NC(C)(C)CC(C)(C)C. The molecule has 1 N–H and O–H groups in total. The summed E-state index contributed by atoms with van der Waals surface area (Å²) in [6.45, 7) is 11.3. The van der Waals surface area contributed by atoms with Crippen LogP contribution in [0, 0.1) is 17.8 Å². The Hall–Kier alpha value is -2.25. The van der Waals surface area contributed by atoms with E-state index < -0.39 is 0 Å². The summed E-state index contributed by atoms with van der Waals surface area (Å²) in [5.74, 6) is 3.78. The van der Waals surface area contributed by atoms with Crippen molar-refractivity contribution in [1.29, 1.82) is 0 Å². The lowest BCUT2D eigenvalue weighted by atomic mass is 9.82. The number of nitrogens with zero attached hydrogens (tertiary/aromatic N) is 2. The highest BCUT2D eigenvalue weighted by Gasteiger charge is 2.28. The Morgan fingerprint density at radius 1 is 1.20 bits per heavy atom. The summed E-state index contributed by atoms with van der Waals surface area (Å²) in [5.41, 5.74) is 2.89. The summed E-state index contributed by atoms with van der Waals surface area (Å²) in [6, 6.07) is 8.03. The first-order valence-corrected chi connectivity index (χ1v) is 9.38. The average Bonchev–Trinajstić information content (AvgIpc) is 3.09. The van der Waals surface area contributed by atoms with Gasteiger partial charge in [0.05, 0.1) is 4.88 Å². The van der Waals surface area contributed by atoms with E-state index in [1.165, 1.54) is 0 Å². The third-order valence-electron chi connectivity index (χ3n) is 3.99. The lowest BCUT2D eigenvalue weighted by Gasteiger charge is -2.34. The topological polar surface area (TPSA) is 29.3 Å². The van der Waals surface area contributed by atoms with Crippen molar-refractivity contribution < 1.29 is 0 Å². The zero-order chi connectivity index (χ0) is 18.2. The van der Waals surface area contributed by atoms with Crippen molar-refractivity contribution in [3.05, 3.63) is 41.4 Å². The number of hydrogen-bond donors (Lipinski definition) is 1. The van der Waals surface area contributed by atoms with E-state index >= 15 is 0 Å². The maximum atomic E-state index is 5.69. The molecule has 3 nitrogen and oxygen atoms in total. The van der Waals surface area contributed by atoms with Gasteiger partial charge in [0.2, 0.25) is 0 Å². The number of rotatable bonds is 4. The zero-order valence-electron chi connectivity index (χ0n) is 15.6. The van der Waals surface area contributed by atoms with Gasteiger partial charge in [-0.05, 0) is 49.3 Å². The molecule has 0 amide bonds. The van der Waals surface area contributed by atoms with Crippen LogP contribution in [0.3, 0.4) is 0 Å². The molecule has 3 heterocycles. The highest BCUT2D eigenvalue weighted by atomic mass is 32.1. The van der Waals surface area contributed by atoms with Gasteiger partial charge in [0.15, 0.2) is 0 Å². The fourth-order valence-corrected chi connectivity index (χ4v) is 4.42. The van der Waals surface area contributed by atoms with Crippen molar-refractivity contribution >= 4 is 22.8 Å². The number of pyridine rings is 1. The Balaban J connectivity index is 2.13. The molecule has 3 aromatic heterocycles. The Morgan fingerprint density at radius 3 is 2.64 bits per heavy atom. The monoisotopic (exact) mass is 351 g/mol. The molecule has 0 unspecified atom stereocenters. The summed E-state index contributed by atoms with van der Waals surface area (Å²) in [5, 5.41) is 5.77. The number of terminal acetylenes is 1. The maximum Gasteiger partial charge on any atom is 0.140 e. The first-order valence-electron chi connectivity index (χ1n) is 8.50. The van der Waals surface area contributed by atoms with Crippen LogP contribution in [0.1, 0.15) is 46.6 Å². The fraction of sp³-hybridized carbons (Fsp3) is 0.381. The van der Waals surface area contributed by atoms with Gasteiger partial charge in [-0.3, -0.25) is 4.40 Å². The molecule has 0 bridgehead atoms. The Morgan fingerprint density at radius 2 is 1.96 bits per heavy atom. The van der Waals surface area contributed by atoms with E-state index in [1.54, 1.807) is 11.3 Å². The molecule has 0 aliphatic carbocycles. The number of aromatic nitrogens is 2. The van der Waals surface area contributed by atoms with E-state index in [1.807, 2.05) is 35.8 Å². The van der Waals surface area contributed by atoms with Crippen molar-refractivity contribution in [3.8, 4) is 22.9 Å². The third-order valence-corrected chi connectivity index (χ3v) is 4.92. The smallest absolute Gasteiger partial charge is 0.140 e.